The number of likely N-dealkylation sites (tertiary alicyclic amines) is 2. The first-order valence-corrected chi connectivity index (χ1v) is 17.2. The number of ether oxygens (including phenoxy) is 2. The molecule has 3 fully saturated rings. The number of nitrogens with zero attached hydrogens (tertiary/aromatic N) is 2. The Bertz CT molecular complexity index is 1550. The van der Waals surface area contributed by atoms with E-state index in [1.807, 2.05) is 36.1 Å². The molecule has 2 saturated heterocycles. The molecule has 8 nitrogen and oxygen atoms in total. The molecule has 1 N–H and O–H groups in total. The van der Waals surface area contributed by atoms with Crippen molar-refractivity contribution in [2.24, 2.45) is 5.92 Å². The van der Waals surface area contributed by atoms with E-state index in [0.717, 1.165) is 68.1 Å². The van der Waals surface area contributed by atoms with Crippen molar-refractivity contribution in [2.45, 2.75) is 76.7 Å². The Balaban J connectivity index is 1.10. The predicted octanol–water partition coefficient (Wildman–Crippen LogP) is 6.65. The van der Waals surface area contributed by atoms with Crippen LogP contribution >= 0.6 is 22.9 Å². The van der Waals surface area contributed by atoms with Crippen molar-refractivity contribution < 1.29 is 28.2 Å². The van der Waals surface area contributed by atoms with Gasteiger partial charge in [-0.2, -0.15) is 0 Å². The number of hydrogen-bond acceptors (Lipinski definition) is 7. The number of nitrogens with one attached hydrogen (secondary N) is 1. The molecular weight excluding hydrogens is 617 g/mol. The van der Waals surface area contributed by atoms with E-state index in [1.54, 1.807) is 5.38 Å². The molecule has 2 aromatic carbocycles. The first-order chi connectivity index (χ1) is 21.8. The number of halogens is 2. The number of carbonyl (C=O) groups excluding carboxylic acids is 3. The molecule has 3 aromatic rings. The molecule has 0 spiro atoms. The average Bonchev–Trinajstić information content (AvgIpc) is 3.67. The smallest absolute Gasteiger partial charge is 0.308 e. The first kappa shape index (κ1) is 31.9. The lowest BCUT2D eigenvalue weighted by atomic mass is 9.87. The van der Waals surface area contributed by atoms with Gasteiger partial charge in [-0.15, -0.1) is 11.3 Å². The topological polar surface area (TPSA) is 88.2 Å². The molecule has 11 heteroatoms. The van der Waals surface area contributed by atoms with Gasteiger partial charge in [-0.05, 0) is 75.6 Å². The molecule has 2 aliphatic heterocycles. The SMILES string of the molecule is CCOC(=O)[C@H]1CC[C@H](OC([C@@H]2CCCN2C(=O)Cc2cc(Cl)c(NC(=O)c3csc4ccccc34)cc2F)N2CCC2)CC1. The van der Waals surface area contributed by atoms with Crippen LogP contribution in [0.3, 0.4) is 0 Å². The number of hydrogen-bond donors (Lipinski definition) is 1. The van der Waals surface area contributed by atoms with E-state index in [9.17, 15) is 14.4 Å². The molecule has 1 aliphatic carbocycles. The molecule has 240 valence electrons. The van der Waals surface area contributed by atoms with Gasteiger partial charge in [-0.3, -0.25) is 19.3 Å². The Morgan fingerprint density at radius 1 is 1.07 bits per heavy atom. The second-order valence-electron chi connectivity index (χ2n) is 12.1. The van der Waals surface area contributed by atoms with Crippen molar-refractivity contribution in [3.63, 3.8) is 0 Å². The summed E-state index contributed by atoms with van der Waals surface area (Å²) >= 11 is 7.98. The van der Waals surface area contributed by atoms with Gasteiger partial charge in [0, 0.05) is 35.1 Å². The zero-order valence-electron chi connectivity index (χ0n) is 25.4. The molecule has 6 rings (SSSR count). The molecule has 1 saturated carbocycles. The van der Waals surface area contributed by atoms with Gasteiger partial charge in [0.1, 0.15) is 12.0 Å². The van der Waals surface area contributed by atoms with Crippen LogP contribution in [-0.4, -0.2) is 72.2 Å². The Morgan fingerprint density at radius 3 is 2.58 bits per heavy atom. The number of esters is 1. The van der Waals surface area contributed by atoms with E-state index in [4.69, 9.17) is 21.1 Å². The molecule has 2 atom stereocenters. The molecule has 3 heterocycles. The largest absolute Gasteiger partial charge is 0.466 e. The van der Waals surface area contributed by atoms with Gasteiger partial charge in [-0.25, -0.2) is 4.39 Å². The van der Waals surface area contributed by atoms with Crippen molar-refractivity contribution in [3.05, 3.63) is 63.7 Å². The summed E-state index contributed by atoms with van der Waals surface area (Å²) < 4.78 is 28.3. The van der Waals surface area contributed by atoms with Gasteiger partial charge in [0.15, 0.2) is 0 Å². The highest BCUT2D eigenvalue weighted by atomic mass is 35.5. The quantitative estimate of drug-likeness (QED) is 0.246. The van der Waals surface area contributed by atoms with Crippen molar-refractivity contribution in [3.8, 4) is 0 Å². The molecule has 2 amide bonds. The van der Waals surface area contributed by atoms with Crippen molar-refractivity contribution in [2.75, 3.05) is 31.6 Å². The molecule has 3 aliphatic rings. The summed E-state index contributed by atoms with van der Waals surface area (Å²) in [5, 5.41) is 5.50. The van der Waals surface area contributed by atoms with Crippen molar-refractivity contribution in [1.82, 2.24) is 9.80 Å². The molecule has 1 unspecified atom stereocenters. The van der Waals surface area contributed by atoms with E-state index < -0.39 is 5.82 Å². The Morgan fingerprint density at radius 2 is 1.84 bits per heavy atom. The van der Waals surface area contributed by atoms with Crippen LogP contribution < -0.4 is 5.32 Å². The summed E-state index contributed by atoms with van der Waals surface area (Å²) in [6, 6.07) is 10.1. The van der Waals surface area contributed by atoms with E-state index >= 15 is 4.39 Å². The molecule has 0 bridgehead atoms. The van der Waals surface area contributed by atoms with Crippen LogP contribution in [0.5, 0.6) is 0 Å². The summed E-state index contributed by atoms with van der Waals surface area (Å²) in [6.45, 7) is 4.64. The molecule has 0 radical (unpaired) electrons. The fourth-order valence-corrected chi connectivity index (χ4v) is 7.91. The summed E-state index contributed by atoms with van der Waals surface area (Å²) in [6.07, 6.45) is 5.45. The third kappa shape index (κ3) is 7.04. The predicted molar refractivity (Wildman–Crippen MR) is 173 cm³/mol. The maximum Gasteiger partial charge on any atom is 0.308 e. The number of fused-ring (bicyclic) bond motifs is 1. The van der Waals surface area contributed by atoms with Crippen LogP contribution in [0.1, 0.15) is 67.8 Å². The van der Waals surface area contributed by atoms with Gasteiger partial charge in [-0.1, -0.05) is 29.8 Å². The zero-order valence-corrected chi connectivity index (χ0v) is 27.0. The maximum absolute atomic E-state index is 15.4. The van der Waals surface area contributed by atoms with Crippen molar-refractivity contribution in [1.29, 1.82) is 0 Å². The number of anilines is 1. The van der Waals surface area contributed by atoms with E-state index in [0.29, 0.717) is 18.7 Å². The second-order valence-corrected chi connectivity index (χ2v) is 13.5. The third-order valence-electron chi connectivity index (χ3n) is 9.28. The number of carbonyl (C=O) groups is 3. The van der Waals surface area contributed by atoms with Crippen molar-refractivity contribution >= 4 is 56.5 Å². The number of thiophene rings is 1. The normalized spacial score (nSPS) is 22.6. The maximum atomic E-state index is 15.4. The molecular formula is C34H39ClFN3O5S. The van der Waals surface area contributed by atoms with Crippen LogP contribution in [0, 0.1) is 11.7 Å². The summed E-state index contributed by atoms with van der Waals surface area (Å²) in [7, 11) is 0. The minimum atomic E-state index is -0.595. The standard InChI is InChI=1S/C34H39ClFN3O5S/c1-2-43-34(42)21-10-12-23(13-11-21)44-33(38-14-6-15-38)29-8-5-16-39(29)31(40)18-22-17-26(35)28(19-27(22)36)37-32(41)25-20-45-30-9-4-3-7-24(25)30/h3-4,7,9,17,19-21,23,29,33H,2,5-6,8,10-16,18H2,1H3,(H,37,41)/t21-,23-,29-,33?/m0/s1. The minimum Gasteiger partial charge on any atom is -0.466 e. The fraction of sp³-hybridized carbons (Fsp3) is 0.500. The number of rotatable bonds is 10. The zero-order chi connectivity index (χ0) is 31.5. The fourth-order valence-electron chi connectivity index (χ4n) is 6.73. The average molecular weight is 656 g/mol. The van der Waals surface area contributed by atoms with Crippen LogP contribution in [-0.2, 0) is 25.5 Å². The second kappa shape index (κ2) is 14.2. The lowest BCUT2D eigenvalue weighted by Crippen LogP contribution is -2.57. The highest BCUT2D eigenvalue weighted by molar-refractivity contribution is 7.17. The Kier molecular flexibility index (Phi) is 10.0. The number of amides is 2. The number of benzene rings is 2. The van der Waals surface area contributed by atoms with Crippen LogP contribution in [0.25, 0.3) is 10.1 Å². The van der Waals surface area contributed by atoms with Crippen LogP contribution in [0.4, 0.5) is 10.1 Å². The van der Waals surface area contributed by atoms with E-state index in [2.05, 4.69) is 10.2 Å². The highest BCUT2D eigenvalue weighted by Crippen LogP contribution is 2.34. The van der Waals surface area contributed by atoms with Crippen LogP contribution in [0.15, 0.2) is 41.8 Å². The van der Waals surface area contributed by atoms with E-state index in [-0.39, 0.29) is 64.8 Å². The summed E-state index contributed by atoms with van der Waals surface area (Å²) in [4.78, 5) is 43.0. The highest BCUT2D eigenvalue weighted by Gasteiger charge is 2.42. The van der Waals surface area contributed by atoms with Gasteiger partial charge in [0.25, 0.3) is 5.91 Å². The minimum absolute atomic E-state index is 0.0184. The summed E-state index contributed by atoms with van der Waals surface area (Å²) in [5.74, 6) is -1.34. The monoisotopic (exact) mass is 655 g/mol. The van der Waals surface area contributed by atoms with Gasteiger partial charge >= 0.3 is 5.97 Å². The van der Waals surface area contributed by atoms with Gasteiger partial charge in [0.05, 0.1) is 47.4 Å². The molecule has 45 heavy (non-hydrogen) atoms. The molecule has 1 aromatic heterocycles. The van der Waals surface area contributed by atoms with Gasteiger partial charge in [0.2, 0.25) is 5.91 Å². The third-order valence-corrected chi connectivity index (χ3v) is 10.6. The lowest BCUT2D eigenvalue weighted by molar-refractivity contribution is -0.170. The van der Waals surface area contributed by atoms with Gasteiger partial charge < -0.3 is 19.7 Å². The van der Waals surface area contributed by atoms with Crippen LogP contribution in [0.2, 0.25) is 5.02 Å². The first-order valence-electron chi connectivity index (χ1n) is 15.9. The lowest BCUT2D eigenvalue weighted by Gasteiger charge is -2.45. The summed E-state index contributed by atoms with van der Waals surface area (Å²) in [5.41, 5.74) is 0.847. The Labute approximate surface area is 271 Å². The van der Waals surface area contributed by atoms with E-state index in [1.165, 1.54) is 23.5 Å². The Hall–Kier alpha value is -3.05.